The van der Waals surface area contributed by atoms with Crippen molar-refractivity contribution >= 4 is 35.2 Å². The van der Waals surface area contributed by atoms with E-state index in [4.69, 9.17) is 28.0 Å². The summed E-state index contributed by atoms with van der Waals surface area (Å²) in [6.45, 7) is 0.332. The number of benzene rings is 3. The highest BCUT2D eigenvalue weighted by atomic mass is 35.5. The number of nitriles is 1. The maximum absolute atomic E-state index is 8.87. The minimum Gasteiger partial charge on any atom is -0.369 e. The molecule has 0 aliphatic carbocycles. The van der Waals surface area contributed by atoms with E-state index in [0.717, 1.165) is 16.0 Å². The van der Waals surface area contributed by atoms with Gasteiger partial charge in [0.15, 0.2) is 5.96 Å². The number of hydrogen-bond acceptors (Lipinski definition) is 4. The highest BCUT2D eigenvalue weighted by Gasteiger charge is 2.18. The van der Waals surface area contributed by atoms with E-state index in [1.165, 1.54) is 11.9 Å². The summed E-state index contributed by atoms with van der Waals surface area (Å²) in [6, 6.07) is 26.3. The Balaban J connectivity index is 1.71. The minimum absolute atomic E-state index is 0.243. The van der Waals surface area contributed by atoms with E-state index >= 15 is 0 Å². The normalized spacial score (nSPS) is 12.1. The van der Waals surface area contributed by atoms with Gasteiger partial charge < -0.3 is 11.1 Å². The zero-order valence-electron chi connectivity index (χ0n) is 16.0. The molecule has 0 saturated carbocycles. The van der Waals surface area contributed by atoms with Crippen LogP contribution in [0.1, 0.15) is 22.6 Å². The smallest absolute Gasteiger partial charge is 0.199 e. The van der Waals surface area contributed by atoms with E-state index in [2.05, 4.69) is 15.8 Å². The fraction of sp³-hybridized carbons (Fsp3) is 0.0870. The molecular formula is C23H20ClN5S. The topological polar surface area (TPSA) is 98.1 Å². The van der Waals surface area contributed by atoms with Gasteiger partial charge in [0.25, 0.3) is 0 Å². The van der Waals surface area contributed by atoms with Crippen LogP contribution >= 0.6 is 23.5 Å². The van der Waals surface area contributed by atoms with Crippen LogP contribution in [0.5, 0.6) is 0 Å². The Bertz CT molecular complexity index is 1060. The fourth-order valence-corrected chi connectivity index (χ4v) is 3.50. The average molecular weight is 434 g/mol. The van der Waals surface area contributed by atoms with Crippen molar-refractivity contribution in [3.8, 4) is 6.07 Å². The van der Waals surface area contributed by atoms with Crippen molar-refractivity contribution in [2.24, 2.45) is 10.7 Å². The van der Waals surface area contributed by atoms with E-state index in [-0.39, 0.29) is 11.9 Å². The van der Waals surface area contributed by atoms with E-state index in [9.17, 15) is 0 Å². The Morgan fingerprint density at radius 2 is 1.73 bits per heavy atom. The summed E-state index contributed by atoms with van der Waals surface area (Å²) in [5.41, 5.74) is 8.89. The lowest BCUT2D eigenvalue weighted by Crippen LogP contribution is -2.27. The Kier molecular flexibility index (Phi) is 7.50. The van der Waals surface area contributed by atoms with E-state index in [1.807, 2.05) is 54.6 Å². The lowest BCUT2D eigenvalue weighted by atomic mass is 9.90. The van der Waals surface area contributed by atoms with Gasteiger partial charge in [-0.1, -0.05) is 54.1 Å². The second-order valence-electron chi connectivity index (χ2n) is 6.45. The zero-order valence-corrected chi connectivity index (χ0v) is 17.6. The average Bonchev–Trinajstić information content (AvgIpc) is 2.79. The SMILES string of the molecule is N#Cc1ccc(SNC(N)=NCC(C(=N)c2ccc(Cl)cc2)c2ccccc2)cc1. The molecular weight excluding hydrogens is 414 g/mol. The number of hydrogen-bond donors (Lipinski definition) is 3. The van der Waals surface area contributed by atoms with Crippen LogP contribution in [0.25, 0.3) is 0 Å². The number of nitrogens with two attached hydrogens (primary N) is 1. The molecule has 7 heteroatoms. The molecule has 0 radical (unpaired) electrons. The molecule has 3 aromatic carbocycles. The lowest BCUT2D eigenvalue weighted by Gasteiger charge is -2.17. The number of aliphatic imine (C=N–C) groups is 1. The van der Waals surface area contributed by atoms with Crippen molar-refractivity contribution in [1.29, 1.82) is 10.7 Å². The third-order valence-corrected chi connectivity index (χ3v) is 5.48. The summed E-state index contributed by atoms with van der Waals surface area (Å²) in [5.74, 6) is 0.0295. The molecule has 0 fully saturated rings. The van der Waals surface area contributed by atoms with Crippen LogP contribution in [-0.4, -0.2) is 18.2 Å². The molecule has 5 nitrogen and oxygen atoms in total. The molecule has 0 saturated heterocycles. The quantitative estimate of drug-likeness (QED) is 0.278. The van der Waals surface area contributed by atoms with Gasteiger partial charge in [0, 0.05) is 21.5 Å². The fourth-order valence-electron chi connectivity index (χ4n) is 2.81. The monoisotopic (exact) mass is 433 g/mol. The van der Waals surface area contributed by atoms with Gasteiger partial charge >= 0.3 is 0 Å². The number of nitrogens with zero attached hydrogens (tertiary/aromatic N) is 2. The maximum Gasteiger partial charge on any atom is 0.199 e. The van der Waals surface area contributed by atoms with Gasteiger partial charge in [0.05, 0.1) is 18.2 Å². The predicted octanol–water partition coefficient (Wildman–Crippen LogP) is 4.97. The molecule has 3 aromatic rings. The highest BCUT2D eigenvalue weighted by molar-refractivity contribution is 7.98. The van der Waals surface area contributed by atoms with Crippen LogP contribution in [0.4, 0.5) is 0 Å². The van der Waals surface area contributed by atoms with Crippen molar-refractivity contribution in [1.82, 2.24) is 4.72 Å². The van der Waals surface area contributed by atoms with Crippen molar-refractivity contribution in [2.75, 3.05) is 6.54 Å². The van der Waals surface area contributed by atoms with E-state index in [1.54, 1.807) is 24.3 Å². The Hall–Kier alpha value is -3.27. The van der Waals surface area contributed by atoms with Gasteiger partial charge in [-0.05, 0) is 59.5 Å². The number of rotatable bonds is 7. The van der Waals surface area contributed by atoms with Gasteiger partial charge in [0.1, 0.15) is 0 Å². The standard InChI is InChI=1S/C23H20ClN5S/c24-19-10-8-18(9-11-19)22(26)21(17-4-2-1-3-5-17)15-28-23(27)29-30-20-12-6-16(14-25)7-13-20/h1-13,21,26H,15H2,(H3,27,28,29). The van der Waals surface area contributed by atoms with Crippen LogP contribution in [0.3, 0.4) is 0 Å². The van der Waals surface area contributed by atoms with Gasteiger partial charge in [-0.3, -0.25) is 9.71 Å². The summed E-state index contributed by atoms with van der Waals surface area (Å²) in [4.78, 5) is 5.37. The molecule has 0 heterocycles. The largest absolute Gasteiger partial charge is 0.369 e. The van der Waals surface area contributed by atoms with Gasteiger partial charge in [-0.25, -0.2) is 0 Å². The maximum atomic E-state index is 8.87. The third-order valence-electron chi connectivity index (χ3n) is 4.41. The van der Waals surface area contributed by atoms with Crippen molar-refractivity contribution in [3.05, 3.63) is 101 Å². The molecule has 30 heavy (non-hydrogen) atoms. The number of halogens is 1. The summed E-state index contributed by atoms with van der Waals surface area (Å²) < 4.78 is 3.00. The van der Waals surface area contributed by atoms with Gasteiger partial charge in [-0.2, -0.15) is 5.26 Å². The zero-order chi connectivity index (χ0) is 21.3. The van der Waals surface area contributed by atoms with Crippen LogP contribution in [0, 0.1) is 16.7 Å². The molecule has 1 unspecified atom stereocenters. The predicted molar refractivity (Wildman–Crippen MR) is 124 cm³/mol. The summed E-state index contributed by atoms with van der Waals surface area (Å²) in [7, 11) is 0. The van der Waals surface area contributed by atoms with Crippen LogP contribution in [0.15, 0.2) is 88.8 Å². The molecule has 150 valence electrons. The summed E-state index contributed by atoms with van der Waals surface area (Å²) >= 11 is 7.30. The van der Waals surface area contributed by atoms with E-state index in [0.29, 0.717) is 22.8 Å². The molecule has 0 spiro atoms. The molecule has 0 aliphatic heterocycles. The molecule has 0 amide bonds. The Morgan fingerprint density at radius 1 is 1.07 bits per heavy atom. The van der Waals surface area contributed by atoms with Crippen LogP contribution in [-0.2, 0) is 0 Å². The number of guanidine groups is 1. The number of nitrogens with one attached hydrogen (secondary N) is 2. The van der Waals surface area contributed by atoms with Crippen molar-refractivity contribution in [2.45, 2.75) is 10.8 Å². The lowest BCUT2D eigenvalue weighted by molar-refractivity contribution is 0.878. The second-order valence-corrected chi connectivity index (χ2v) is 7.77. The molecule has 0 bridgehead atoms. The molecule has 0 aliphatic rings. The first kappa shape index (κ1) is 21.4. The Morgan fingerprint density at radius 3 is 2.37 bits per heavy atom. The van der Waals surface area contributed by atoms with E-state index < -0.39 is 0 Å². The summed E-state index contributed by atoms with van der Waals surface area (Å²) in [5, 5.41) is 18.2. The van der Waals surface area contributed by atoms with Crippen LogP contribution < -0.4 is 10.5 Å². The van der Waals surface area contributed by atoms with Crippen molar-refractivity contribution in [3.63, 3.8) is 0 Å². The van der Waals surface area contributed by atoms with Crippen LogP contribution in [0.2, 0.25) is 5.02 Å². The molecule has 3 rings (SSSR count). The first-order valence-corrected chi connectivity index (χ1v) is 10.4. The van der Waals surface area contributed by atoms with Gasteiger partial charge in [-0.15, -0.1) is 0 Å². The highest BCUT2D eigenvalue weighted by Crippen LogP contribution is 2.23. The van der Waals surface area contributed by atoms with Gasteiger partial charge in [0.2, 0.25) is 0 Å². The minimum atomic E-state index is -0.243. The van der Waals surface area contributed by atoms with Crippen molar-refractivity contribution < 1.29 is 0 Å². The molecule has 0 aromatic heterocycles. The summed E-state index contributed by atoms with van der Waals surface area (Å²) in [6.07, 6.45) is 0. The molecule has 1 atom stereocenters. The molecule has 4 N–H and O–H groups in total. The first-order chi connectivity index (χ1) is 14.6. The third kappa shape index (κ3) is 5.86. The Labute approximate surface area is 185 Å². The first-order valence-electron chi connectivity index (χ1n) is 9.19. The second kappa shape index (κ2) is 10.5.